The Labute approximate surface area is 128 Å². The molecule has 0 aliphatic carbocycles. The molecule has 1 aliphatic rings. The topological polar surface area (TPSA) is 75.4 Å². The third-order valence-corrected chi connectivity index (χ3v) is 3.76. The lowest BCUT2D eigenvalue weighted by Gasteiger charge is -2.26. The molecular formula is C16H17N3O3. The van der Waals surface area contributed by atoms with Crippen molar-refractivity contribution < 1.29 is 14.1 Å². The van der Waals surface area contributed by atoms with Crippen molar-refractivity contribution in [3.05, 3.63) is 41.8 Å². The van der Waals surface area contributed by atoms with Crippen LogP contribution in [-0.2, 0) is 4.79 Å². The molecule has 0 atom stereocenters. The Kier molecular flexibility index (Phi) is 3.91. The minimum Gasteiger partial charge on any atom is -0.361 e. The molecule has 1 aromatic heterocycles. The summed E-state index contributed by atoms with van der Waals surface area (Å²) < 4.78 is 4.88. The number of aryl methyl sites for hydroxylation is 1. The van der Waals surface area contributed by atoms with Crippen molar-refractivity contribution in [2.24, 2.45) is 0 Å². The molecule has 6 nitrogen and oxygen atoms in total. The number of anilines is 2. The second-order valence-electron chi connectivity index (χ2n) is 5.30. The third kappa shape index (κ3) is 2.86. The molecule has 1 aromatic carbocycles. The van der Waals surface area contributed by atoms with Crippen LogP contribution in [0.2, 0.25) is 0 Å². The van der Waals surface area contributed by atoms with Gasteiger partial charge in [-0.3, -0.25) is 9.59 Å². The van der Waals surface area contributed by atoms with Crippen molar-refractivity contribution in [1.82, 2.24) is 5.16 Å². The summed E-state index contributed by atoms with van der Waals surface area (Å²) in [6, 6.07) is 7.27. The molecule has 0 bridgehead atoms. The highest BCUT2D eigenvalue weighted by atomic mass is 16.5. The minimum atomic E-state index is -0.263. The fraction of sp³-hybridized carbons (Fsp3) is 0.312. The van der Waals surface area contributed by atoms with E-state index in [4.69, 9.17) is 4.52 Å². The highest BCUT2D eigenvalue weighted by Gasteiger charge is 2.19. The number of nitrogens with zero attached hydrogens (tertiary/aromatic N) is 2. The Morgan fingerprint density at radius 2 is 2.05 bits per heavy atom. The molecule has 22 heavy (non-hydrogen) atoms. The molecule has 3 rings (SSSR count). The van der Waals surface area contributed by atoms with Gasteiger partial charge in [0.05, 0.1) is 6.20 Å². The van der Waals surface area contributed by atoms with Crippen molar-refractivity contribution >= 4 is 23.2 Å². The summed E-state index contributed by atoms with van der Waals surface area (Å²) in [5.74, 6) is 0.372. The molecule has 0 spiro atoms. The summed E-state index contributed by atoms with van der Waals surface area (Å²) in [5, 5.41) is 6.37. The Bertz CT molecular complexity index is 691. The van der Waals surface area contributed by atoms with E-state index in [1.54, 1.807) is 24.0 Å². The van der Waals surface area contributed by atoms with Gasteiger partial charge in [0.15, 0.2) is 0 Å². The van der Waals surface area contributed by atoms with Crippen molar-refractivity contribution in [2.75, 3.05) is 16.8 Å². The van der Waals surface area contributed by atoms with Gasteiger partial charge in [0, 0.05) is 24.3 Å². The highest BCUT2D eigenvalue weighted by molar-refractivity contribution is 6.04. The number of aromatic nitrogens is 1. The first-order valence-corrected chi connectivity index (χ1v) is 7.28. The lowest BCUT2D eigenvalue weighted by atomic mass is 10.1. The molecule has 6 heteroatoms. The summed E-state index contributed by atoms with van der Waals surface area (Å²) in [7, 11) is 0. The number of rotatable bonds is 3. The normalized spacial score (nSPS) is 15.0. The minimum absolute atomic E-state index is 0.156. The highest BCUT2D eigenvalue weighted by Crippen LogP contribution is 2.23. The van der Waals surface area contributed by atoms with Crippen LogP contribution in [0, 0.1) is 6.92 Å². The Balaban J connectivity index is 1.70. The van der Waals surface area contributed by atoms with Crippen molar-refractivity contribution in [2.45, 2.75) is 26.2 Å². The molecular weight excluding hydrogens is 282 g/mol. The van der Waals surface area contributed by atoms with Gasteiger partial charge in [-0.1, -0.05) is 5.16 Å². The van der Waals surface area contributed by atoms with Gasteiger partial charge in [0.2, 0.25) is 5.91 Å². The monoisotopic (exact) mass is 299 g/mol. The predicted molar refractivity (Wildman–Crippen MR) is 81.8 cm³/mol. The number of piperidine rings is 1. The zero-order chi connectivity index (χ0) is 15.5. The quantitative estimate of drug-likeness (QED) is 0.945. The lowest BCUT2D eigenvalue weighted by Crippen LogP contribution is -2.35. The van der Waals surface area contributed by atoms with E-state index in [1.165, 1.54) is 6.20 Å². The number of carbonyl (C=O) groups excluding carboxylic acids is 2. The zero-order valence-electron chi connectivity index (χ0n) is 12.3. The number of carbonyl (C=O) groups is 2. The van der Waals surface area contributed by atoms with Gasteiger partial charge in [0.1, 0.15) is 11.3 Å². The molecule has 2 amide bonds. The molecule has 0 radical (unpaired) electrons. The maximum absolute atomic E-state index is 12.1. The first-order chi connectivity index (χ1) is 10.6. The summed E-state index contributed by atoms with van der Waals surface area (Å²) in [6.07, 6.45) is 3.98. The number of benzene rings is 1. The molecule has 2 aromatic rings. The molecule has 0 saturated carbocycles. The number of hydrogen-bond acceptors (Lipinski definition) is 4. The van der Waals surface area contributed by atoms with E-state index >= 15 is 0 Å². The van der Waals surface area contributed by atoms with Crippen molar-refractivity contribution in [3.63, 3.8) is 0 Å². The summed E-state index contributed by atoms with van der Waals surface area (Å²) in [6.45, 7) is 2.44. The van der Waals surface area contributed by atoms with Crippen molar-refractivity contribution in [1.29, 1.82) is 0 Å². The molecule has 114 valence electrons. The third-order valence-electron chi connectivity index (χ3n) is 3.76. The van der Waals surface area contributed by atoms with Crippen LogP contribution in [0.3, 0.4) is 0 Å². The fourth-order valence-corrected chi connectivity index (χ4v) is 2.52. The Hall–Kier alpha value is -2.63. The molecule has 0 unspecified atom stereocenters. The smallest absolute Gasteiger partial charge is 0.260 e. The maximum Gasteiger partial charge on any atom is 0.260 e. The van der Waals surface area contributed by atoms with E-state index in [2.05, 4.69) is 10.5 Å². The van der Waals surface area contributed by atoms with Gasteiger partial charge in [-0.05, 0) is 44.0 Å². The first kappa shape index (κ1) is 14.3. The van der Waals surface area contributed by atoms with Gasteiger partial charge in [0.25, 0.3) is 5.91 Å². The molecule has 1 aliphatic heterocycles. The number of nitrogens with one attached hydrogen (secondary N) is 1. The standard InChI is InChI=1S/C16H17N3O3/c1-11-14(10-17-22-11)16(21)18-12-5-7-13(8-6-12)19-9-3-2-4-15(19)20/h5-8,10H,2-4,9H2,1H3,(H,18,21). The largest absolute Gasteiger partial charge is 0.361 e. The molecule has 2 heterocycles. The zero-order valence-corrected chi connectivity index (χ0v) is 12.3. The number of hydrogen-bond donors (Lipinski definition) is 1. The molecule has 1 saturated heterocycles. The van der Waals surface area contributed by atoms with Crippen molar-refractivity contribution in [3.8, 4) is 0 Å². The van der Waals surface area contributed by atoms with E-state index < -0.39 is 0 Å². The summed E-state index contributed by atoms with van der Waals surface area (Å²) >= 11 is 0. The average molecular weight is 299 g/mol. The van der Waals surface area contributed by atoms with Crippen LogP contribution < -0.4 is 10.2 Å². The second kappa shape index (κ2) is 6.01. The van der Waals surface area contributed by atoms with E-state index in [1.807, 2.05) is 12.1 Å². The maximum atomic E-state index is 12.1. The van der Waals surface area contributed by atoms with E-state index in [0.717, 1.165) is 25.1 Å². The van der Waals surface area contributed by atoms with Gasteiger partial charge in [-0.15, -0.1) is 0 Å². The molecule has 1 N–H and O–H groups in total. The van der Waals surface area contributed by atoms with Gasteiger partial charge in [-0.2, -0.15) is 0 Å². The van der Waals surface area contributed by atoms with Gasteiger partial charge in [-0.25, -0.2) is 0 Å². The van der Waals surface area contributed by atoms with Crippen LogP contribution >= 0.6 is 0 Å². The number of amides is 2. The van der Waals surface area contributed by atoms with Gasteiger partial charge < -0.3 is 14.7 Å². The average Bonchev–Trinajstić information content (AvgIpc) is 2.95. The van der Waals surface area contributed by atoms with Gasteiger partial charge >= 0.3 is 0 Å². The molecule has 1 fully saturated rings. The Morgan fingerprint density at radius 3 is 2.68 bits per heavy atom. The SMILES string of the molecule is Cc1oncc1C(=O)Nc1ccc(N2CCCCC2=O)cc1. The second-order valence-corrected chi connectivity index (χ2v) is 5.30. The first-order valence-electron chi connectivity index (χ1n) is 7.28. The Morgan fingerprint density at radius 1 is 1.27 bits per heavy atom. The van der Waals surface area contributed by atoms with Crippen LogP contribution in [0.15, 0.2) is 35.0 Å². The lowest BCUT2D eigenvalue weighted by molar-refractivity contribution is -0.119. The summed E-state index contributed by atoms with van der Waals surface area (Å²) in [4.78, 5) is 25.7. The van der Waals surface area contributed by atoms with E-state index in [9.17, 15) is 9.59 Å². The van der Waals surface area contributed by atoms with Crippen LogP contribution in [-0.4, -0.2) is 23.5 Å². The van der Waals surface area contributed by atoms with Crippen LogP contribution in [0.25, 0.3) is 0 Å². The predicted octanol–water partition coefficient (Wildman–Crippen LogP) is 2.75. The fourth-order valence-electron chi connectivity index (χ4n) is 2.52. The van der Waals surface area contributed by atoms with Crippen LogP contribution in [0.5, 0.6) is 0 Å². The van der Waals surface area contributed by atoms with Crippen LogP contribution in [0.4, 0.5) is 11.4 Å². The van der Waals surface area contributed by atoms with Crippen LogP contribution in [0.1, 0.15) is 35.4 Å². The summed E-state index contributed by atoms with van der Waals surface area (Å²) in [5.41, 5.74) is 1.94. The van der Waals surface area contributed by atoms with E-state index in [-0.39, 0.29) is 11.8 Å². The van der Waals surface area contributed by atoms with E-state index in [0.29, 0.717) is 23.4 Å².